The van der Waals surface area contributed by atoms with Crippen LogP contribution in [-0.2, 0) is 12.8 Å². The summed E-state index contributed by atoms with van der Waals surface area (Å²) in [6, 6.07) is 16.4. The first-order valence-corrected chi connectivity index (χ1v) is 9.67. The number of nitrogens with zero attached hydrogens (tertiary/aromatic N) is 3. The fraction of sp³-hybridized carbons (Fsp3) is 0.227. The Bertz CT molecular complexity index is 1060. The molecular weight excluding hydrogens is 364 g/mol. The maximum Gasteiger partial charge on any atom is 0.244 e. The van der Waals surface area contributed by atoms with Gasteiger partial charge in [0.05, 0.1) is 13.3 Å². The molecule has 0 bridgehead atoms. The molecule has 0 fully saturated rings. The molecule has 0 aliphatic carbocycles. The van der Waals surface area contributed by atoms with Gasteiger partial charge in [-0.3, -0.25) is 0 Å². The Labute approximate surface area is 169 Å². The van der Waals surface area contributed by atoms with Gasteiger partial charge >= 0.3 is 0 Å². The Morgan fingerprint density at radius 3 is 2.66 bits per heavy atom. The molecule has 3 N–H and O–H groups in total. The van der Waals surface area contributed by atoms with Gasteiger partial charge in [0.2, 0.25) is 5.95 Å². The number of aromatic amines is 1. The third-order valence-electron chi connectivity index (χ3n) is 4.79. The number of hydrogen-bond acceptors (Lipinski definition) is 6. The number of methoxy groups -OCH3 is 1. The maximum absolute atomic E-state index is 5.18. The Kier molecular flexibility index (Phi) is 5.85. The van der Waals surface area contributed by atoms with Crippen molar-refractivity contribution in [1.82, 2.24) is 20.2 Å². The summed E-state index contributed by atoms with van der Waals surface area (Å²) in [4.78, 5) is 7.80. The second kappa shape index (κ2) is 9.05. The van der Waals surface area contributed by atoms with Crippen molar-refractivity contribution >= 4 is 22.7 Å². The van der Waals surface area contributed by atoms with Crippen LogP contribution < -0.4 is 15.4 Å². The number of ether oxygens (including phenoxy) is 1. The van der Waals surface area contributed by atoms with E-state index in [2.05, 4.69) is 67.3 Å². The molecule has 2 aromatic carbocycles. The van der Waals surface area contributed by atoms with Crippen molar-refractivity contribution < 1.29 is 4.74 Å². The van der Waals surface area contributed by atoms with Crippen LogP contribution in [0.2, 0.25) is 0 Å². The third kappa shape index (κ3) is 4.82. The predicted octanol–water partition coefficient (Wildman–Crippen LogP) is 3.67. The number of H-pyrrole nitrogens is 1. The van der Waals surface area contributed by atoms with Crippen LogP contribution in [0.4, 0.5) is 11.8 Å². The molecule has 29 heavy (non-hydrogen) atoms. The first-order chi connectivity index (χ1) is 14.3. The van der Waals surface area contributed by atoms with Crippen molar-refractivity contribution in [2.45, 2.75) is 12.8 Å². The Morgan fingerprint density at radius 1 is 0.966 bits per heavy atom. The summed E-state index contributed by atoms with van der Waals surface area (Å²) in [6.45, 7) is 1.50. The molecule has 0 aliphatic heterocycles. The zero-order valence-corrected chi connectivity index (χ0v) is 16.4. The fourth-order valence-corrected chi connectivity index (χ4v) is 3.24. The van der Waals surface area contributed by atoms with E-state index in [1.807, 2.05) is 18.2 Å². The van der Waals surface area contributed by atoms with Crippen LogP contribution in [0.3, 0.4) is 0 Å². The van der Waals surface area contributed by atoms with Gasteiger partial charge in [-0.05, 0) is 42.2 Å². The molecule has 2 aromatic heterocycles. The molecule has 0 amide bonds. The average molecular weight is 388 g/mol. The Balaban J connectivity index is 1.27. The van der Waals surface area contributed by atoms with Gasteiger partial charge in [-0.1, -0.05) is 30.3 Å². The molecule has 0 saturated carbocycles. The van der Waals surface area contributed by atoms with Crippen molar-refractivity contribution in [1.29, 1.82) is 0 Å². The van der Waals surface area contributed by atoms with Gasteiger partial charge in [0.1, 0.15) is 5.75 Å². The molecular formula is C22H24N6O. The van der Waals surface area contributed by atoms with Crippen LogP contribution in [0.5, 0.6) is 5.75 Å². The predicted molar refractivity (Wildman–Crippen MR) is 116 cm³/mol. The van der Waals surface area contributed by atoms with Gasteiger partial charge in [-0.15, -0.1) is 5.10 Å². The van der Waals surface area contributed by atoms with Crippen LogP contribution in [0.25, 0.3) is 10.9 Å². The van der Waals surface area contributed by atoms with Crippen LogP contribution in [0.15, 0.2) is 60.9 Å². The highest BCUT2D eigenvalue weighted by molar-refractivity contribution is 5.83. The summed E-state index contributed by atoms with van der Waals surface area (Å²) in [7, 11) is 1.67. The average Bonchev–Trinajstić information content (AvgIpc) is 3.18. The SMILES string of the molecule is COc1ccc(CCNc2nncc(NCCc3c[nH]c4ccccc34)n2)cc1. The van der Waals surface area contributed by atoms with E-state index in [1.54, 1.807) is 13.3 Å². The Hall–Kier alpha value is -3.61. The van der Waals surface area contributed by atoms with E-state index in [9.17, 15) is 0 Å². The molecule has 4 rings (SSSR count). The van der Waals surface area contributed by atoms with Crippen LogP contribution >= 0.6 is 0 Å². The molecule has 0 unspecified atom stereocenters. The number of nitrogens with one attached hydrogen (secondary N) is 3. The lowest BCUT2D eigenvalue weighted by molar-refractivity contribution is 0.414. The first-order valence-electron chi connectivity index (χ1n) is 9.67. The monoisotopic (exact) mass is 388 g/mol. The second-order valence-electron chi connectivity index (χ2n) is 6.73. The van der Waals surface area contributed by atoms with Gasteiger partial charge < -0.3 is 20.4 Å². The maximum atomic E-state index is 5.18. The third-order valence-corrected chi connectivity index (χ3v) is 4.79. The number of benzene rings is 2. The smallest absolute Gasteiger partial charge is 0.244 e. The minimum atomic E-state index is 0.524. The summed E-state index contributed by atoms with van der Waals surface area (Å²) in [6.07, 6.45) is 5.47. The van der Waals surface area contributed by atoms with E-state index in [0.717, 1.165) is 37.2 Å². The standard InChI is InChI=1S/C22H24N6O/c1-29-18-8-6-16(7-9-18)10-12-24-22-27-21(15-26-28-22)23-13-11-17-14-25-20-5-3-2-4-19(17)20/h2-9,14-15,25H,10-13H2,1H3,(H2,23,24,27,28). The molecule has 0 aliphatic rings. The van der Waals surface area contributed by atoms with E-state index in [4.69, 9.17) is 4.74 Å². The van der Waals surface area contributed by atoms with Crippen molar-refractivity contribution in [2.75, 3.05) is 30.8 Å². The van der Waals surface area contributed by atoms with Gasteiger partial charge in [-0.2, -0.15) is 10.1 Å². The number of fused-ring (bicyclic) bond motifs is 1. The lowest BCUT2D eigenvalue weighted by atomic mass is 10.1. The van der Waals surface area contributed by atoms with E-state index in [-0.39, 0.29) is 0 Å². The summed E-state index contributed by atoms with van der Waals surface area (Å²) in [5, 5.41) is 15.9. The highest BCUT2D eigenvalue weighted by atomic mass is 16.5. The Morgan fingerprint density at radius 2 is 1.79 bits per heavy atom. The molecule has 2 heterocycles. The first kappa shape index (κ1) is 18.7. The number of aromatic nitrogens is 4. The summed E-state index contributed by atoms with van der Waals surface area (Å²) >= 11 is 0. The van der Waals surface area contributed by atoms with Crippen LogP contribution in [0.1, 0.15) is 11.1 Å². The zero-order chi connectivity index (χ0) is 19.9. The van der Waals surface area contributed by atoms with E-state index in [1.165, 1.54) is 16.5 Å². The summed E-state index contributed by atoms with van der Waals surface area (Å²) in [5.74, 6) is 2.10. The molecule has 148 valence electrons. The second-order valence-corrected chi connectivity index (χ2v) is 6.73. The van der Waals surface area contributed by atoms with E-state index >= 15 is 0 Å². The lowest BCUT2D eigenvalue weighted by Gasteiger charge is -2.08. The quantitative estimate of drug-likeness (QED) is 0.405. The highest BCUT2D eigenvalue weighted by Crippen LogP contribution is 2.18. The van der Waals surface area contributed by atoms with Crippen molar-refractivity contribution in [3.8, 4) is 5.75 Å². The van der Waals surface area contributed by atoms with E-state index < -0.39 is 0 Å². The van der Waals surface area contributed by atoms with Crippen molar-refractivity contribution in [2.24, 2.45) is 0 Å². The van der Waals surface area contributed by atoms with Gasteiger partial charge in [0.25, 0.3) is 0 Å². The number of rotatable bonds is 9. The lowest BCUT2D eigenvalue weighted by Crippen LogP contribution is -2.12. The summed E-state index contributed by atoms with van der Waals surface area (Å²) < 4.78 is 5.18. The number of para-hydroxylation sites is 1. The number of anilines is 2. The minimum absolute atomic E-state index is 0.524. The highest BCUT2D eigenvalue weighted by Gasteiger charge is 2.04. The van der Waals surface area contributed by atoms with E-state index in [0.29, 0.717) is 11.8 Å². The van der Waals surface area contributed by atoms with Gasteiger partial charge in [0, 0.05) is 30.2 Å². The van der Waals surface area contributed by atoms with Crippen molar-refractivity contribution in [3.05, 3.63) is 72.1 Å². The molecule has 0 saturated heterocycles. The normalized spacial score (nSPS) is 10.8. The summed E-state index contributed by atoms with van der Waals surface area (Å²) in [5.41, 5.74) is 3.67. The molecule has 0 atom stereocenters. The number of hydrogen-bond donors (Lipinski definition) is 3. The zero-order valence-electron chi connectivity index (χ0n) is 16.4. The van der Waals surface area contributed by atoms with Crippen molar-refractivity contribution in [3.63, 3.8) is 0 Å². The van der Waals surface area contributed by atoms with Crippen LogP contribution in [0, 0.1) is 0 Å². The molecule has 0 radical (unpaired) electrons. The minimum Gasteiger partial charge on any atom is -0.497 e. The van der Waals surface area contributed by atoms with Gasteiger partial charge in [-0.25, -0.2) is 0 Å². The molecule has 0 spiro atoms. The van der Waals surface area contributed by atoms with Gasteiger partial charge in [0.15, 0.2) is 5.82 Å². The molecule has 7 heteroatoms. The fourth-order valence-electron chi connectivity index (χ4n) is 3.24. The molecule has 4 aromatic rings. The largest absolute Gasteiger partial charge is 0.497 e. The molecule has 7 nitrogen and oxygen atoms in total. The van der Waals surface area contributed by atoms with Crippen LogP contribution in [-0.4, -0.2) is 40.4 Å². The topological polar surface area (TPSA) is 87.8 Å².